The maximum absolute atomic E-state index is 12.5. The predicted octanol–water partition coefficient (Wildman–Crippen LogP) is 1.05. The van der Waals surface area contributed by atoms with Gasteiger partial charge in [0.2, 0.25) is 10.0 Å². The molecule has 1 aliphatic rings. The van der Waals surface area contributed by atoms with Crippen LogP contribution in [-0.2, 0) is 31.4 Å². The van der Waals surface area contributed by atoms with Crippen LogP contribution in [0.5, 0.6) is 11.5 Å². The minimum Gasteiger partial charge on any atom is -0.490 e. The van der Waals surface area contributed by atoms with Crippen molar-refractivity contribution in [2.45, 2.75) is 38.2 Å². The predicted molar refractivity (Wildman–Crippen MR) is 114 cm³/mol. The van der Waals surface area contributed by atoms with Crippen LogP contribution in [0, 0.1) is 13.8 Å². The molecule has 0 aliphatic carbocycles. The number of anilines is 1. The van der Waals surface area contributed by atoms with E-state index in [0.29, 0.717) is 42.5 Å². The second-order valence-electron chi connectivity index (χ2n) is 7.27. The van der Waals surface area contributed by atoms with Gasteiger partial charge in [0.15, 0.2) is 17.6 Å². The number of esters is 1. The zero-order valence-corrected chi connectivity index (χ0v) is 19.1. The highest BCUT2D eigenvalue weighted by Crippen LogP contribution is 2.31. The van der Waals surface area contributed by atoms with Gasteiger partial charge in [0.25, 0.3) is 5.91 Å². The number of amides is 1. The zero-order valence-electron chi connectivity index (χ0n) is 18.3. The van der Waals surface area contributed by atoms with Crippen LogP contribution in [0.3, 0.4) is 0 Å². The monoisotopic (exact) mass is 466 g/mol. The molecule has 2 aromatic rings. The molecule has 12 heteroatoms. The number of carbonyl (C=O) groups excluding carboxylic acids is 2. The van der Waals surface area contributed by atoms with E-state index in [1.54, 1.807) is 25.6 Å². The van der Waals surface area contributed by atoms with Crippen molar-refractivity contribution in [3.05, 3.63) is 29.6 Å². The summed E-state index contributed by atoms with van der Waals surface area (Å²) < 4.78 is 44.9. The van der Waals surface area contributed by atoms with Crippen molar-refractivity contribution < 1.29 is 32.2 Å². The first-order valence-electron chi connectivity index (χ1n) is 9.98. The fraction of sp³-hybridized carbons (Fsp3) is 0.450. The average molecular weight is 467 g/mol. The third-order valence-corrected chi connectivity index (χ3v) is 6.27. The van der Waals surface area contributed by atoms with E-state index < -0.39 is 34.5 Å². The molecule has 1 unspecified atom stereocenters. The number of aryl methyl sites for hydroxylation is 2. The third-order valence-electron chi connectivity index (χ3n) is 4.87. The first-order chi connectivity index (χ1) is 15.1. The van der Waals surface area contributed by atoms with E-state index in [0.717, 1.165) is 5.69 Å². The summed E-state index contributed by atoms with van der Waals surface area (Å²) in [6, 6.07) is 4.20. The molecule has 1 aromatic carbocycles. The number of ether oxygens (including phenoxy) is 3. The molecule has 3 rings (SSSR count). The van der Waals surface area contributed by atoms with Crippen LogP contribution in [0.2, 0.25) is 0 Å². The Hall–Kier alpha value is -3.12. The summed E-state index contributed by atoms with van der Waals surface area (Å²) in [6.45, 7) is 5.18. The molecule has 32 heavy (non-hydrogen) atoms. The molecule has 0 bridgehead atoms. The minimum atomic E-state index is -4.01. The number of nitrogens with zero attached hydrogens (tertiary/aromatic N) is 2. The van der Waals surface area contributed by atoms with Crippen molar-refractivity contribution in [1.82, 2.24) is 14.5 Å². The fourth-order valence-corrected chi connectivity index (χ4v) is 4.00. The molecule has 11 nitrogen and oxygen atoms in total. The average Bonchev–Trinajstić information content (AvgIpc) is 2.92. The first kappa shape index (κ1) is 23.5. The molecule has 1 amide bonds. The van der Waals surface area contributed by atoms with Crippen LogP contribution in [0.4, 0.5) is 5.69 Å². The number of rotatable bonds is 7. The van der Waals surface area contributed by atoms with Gasteiger partial charge in [-0.3, -0.25) is 14.3 Å². The topological polar surface area (TPSA) is 138 Å². The van der Waals surface area contributed by atoms with Crippen LogP contribution in [0.1, 0.15) is 24.7 Å². The number of nitrogens with one attached hydrogen (secondary N) is 2. The maximum Gasteiger partial charge on any atom is 0.321 e. The quantitative estimate of drug-likeness (QED) is 0.578. The SMILES string of the molecule is Cc1nn(C)c(C)c1NC(=O)C(C)OC(=O)CNS(=O)(=O)c1ccc2c(c1)OCCCO2. The van der Waals surface area contributed by atoms with Gasteiger partial charge in [0, 0.05) is 19.5 Å². The number of hydrogen-bond donors (Lipinski definition) is 2. The van der Waals surface area contributed by atoms with Crippen LogP contribution in [0.15, 0.2) is 23.1 Å². The van der Waals surface area contributed by atoms with E-state index in [1.165, 1.54) is 25.1 Å². The fourth-order valence-electron chi connectivity index (χ4n) is 3.02. The Morgan fingerprint density at radius 1 is 1.22 bits per heavy atom. The summed E-state index contributed by atoms with van der Waals surface area (Å²) >= 11 is 0. The van der Waals surface area contributed by atoms with E-state index in [4.69, 9.17) is 14.2 Å². The molecule has 0 saturated carbocycles. The summed E-state index contributed by atoms with van der Waals surface area (Å²) in [5, 5.41) is 6.87. The minimum absolute atomic E-state index is 0.0807. The number of sulfonamides is 1. The third kappa shape index (κ3) is 5.37. The Bertz CT molecular complexity index is 1130. The smallest absolute Gasteiger partial charge is 0.321 e. The van der Waals surface area contributed by atoms with Gasteiger partial charge < -0.3 is 19.5 Å². The zero-order chi connectivity index (χ0) is 23.5. The largest absolute Gasteiger partial charge is 0.490 e. The van der Waals surface area contributed by atoms with E-state index in [2.05, 4.69) is 15.1 Å². The molecular formula is C20H26N4O7S. The maximum atomic E-state index is 12.5. The molecule has 2 N–H and O–H groups in total. The Kier molecular flexibility index (Phi) is 7.04. The number of hydrogen-bond acceptors (Lipinski definition) is 8. The lowest BCUT2D eigenvalue weighted by atomic mass is 10.3. The highest BCUT2D eigenvalue weighted by atomic mass is 32.2. The lowest BCUT2D eigenvalue weighted by Crippen LogP contribution is -2.36. The summed E-state index contributed by atoms with van der Waals surface area (Å²) in [6.07, 6.45) is -0.448. The molecular weight excluding hydrogens is 440 g/mol. The Labute approximate surface area is 186 Å². The number of fused-ring (bicyclic) bond motifs is 1. The van der Waals surface area contributed by atoms with Gasteiger partial charge in [-0.1, -0.05) is 0 Å². The second-order valence-corrected chi connectivity index (χ2v) is 9.04. The molecule has 0 saturated heterocycles. The van der Waals surface area contributed by atoms with E-state index in [-0.39, 0.29) is 4.90 Å². The standard InChI is InChI=1S/C20H26N4O7S/c1-12-19(13(2)24(4)23-12)22-20(26)14(3)31-18(25)11-21-32(27,28)15-6-7-16-17(10-15)30-9-5-8-29-16/h6-7,10,14,21H,5,8-9,11H2,1-4H3,(H,22,26). The molecule has 1 atom stereocenters. The van der Waals surface area contributed by atoms with E-state index in [9.17, 15) is 18.0 Å². The van der Waals surface area contributed by atoms with Crippen molar-refractivity contribution in [1.29, 1.82) is 0 Å². The van der Waals surface area contributed by atoms with Gasteiger partial charge in [-0.05, 0) is 32.9 Å². The lowest BCUT2D eigenvalue weighted by molar-refractivity contribution is -0.151. The highest BCUT2D eigenvalue weighted by molar-refractivity contribution is 7.89. The van der Waals surface area contributed by atoms with Crippen molar-refractivity contribution in [2.75, 3.05) is 25.1 Å². The van der Waals surface area contributed by atoms with Crippen LogP contribution in [-0.4, -0.2) is 55.9 Å². The number of aromatic nitrogens is 2. The Morgan fingerprint density at radius 3 is 2.56 bits per heavy atom. The molecule has 174 valence electrons. The summed E-state index contributed by atoms with van der Waals surface area (Å²) in [4.78, 5) is 24.4. The van der Waals surface area contributed by atoms with Crippen LogP contribution >= 0.6 is 0 Å². The van der Waals surface area contributed by atoms with Gasteiger partial charge in [0.1, 0.15) is 6.54 Å². The van der Waals surface area contributed by atoms with Crippen molar-refractivity contribution in [3.8, 4) is 11.5 Å². The van der Waals surface area contributed by atoms with Crippen LogP contribution < -0.4 is 19.5 Å². The molecule has 0 spiro atoms. The van der Waals surface area contributed by atoms with Crippen molar-refractivity contribution in [2.24, 2.45) is 7.05 Å². The van der Waals surface area contributed by atoms with Gasteiger partial charge in [-0.15, -0.1) is 0 Å². The number of benzene rings is 1. The Balaban J connectivity index is 1.56. The van der Waals surface area contributed by atoms with Crippen LogP contribution in [0.25, 0.3) is 0 Å². The normalized spacial score (nSPS) is 14.4. The van der Waals surface area contributed by atoms with E-state index >= 15 is 0 Å². The summed E-state index contributed by atoms with van der Waals surface area (Å²) in [5.74, 6) is -0.674. The first-order valence-corrected chi connectivity index (χ1v) is 11.5. The molecule has 1 aromatic heterocycles. The van der Waals surface area contributed by atoms with Gasteiger partial charge in [-0.25, -0.2) is 8.42 Å². The molecule has 1 aliphatic heterocycles. The summed E-state index contributed by atoms with van der Waals surface area (Å²) in [5.41, 5.74) is 1.91. The highest BCUT2D eigenvalue weighted by Gasteiger charge is 2.23. The van der Waals surface area contributed by atoms with Gasteiger partial charge >= 0.3 is 5.97 Å². The van der Waals surface area contributed by atoms with Gasteiger partial charge in [0.05, 0.1) is 35.2 Å². The molecule has 0 radical (unpaired) electrons. The van der Waals surface area contributed by atoms with Crippen molar-refractivity contribution >= 4 is 27.6 Å². The molecule has 2 heterocycles. The lowest BCUT2D eigenvalue weighted by Gasteiger charge is -2.14. The van der Waals surface area contributed by atoms with E-state index in [1.807, 2.05) is 0 Å². The number of carbonyl (C=O) groups is 2. The van der Waals surface area contributed by atoms with Gasteiger partial charge in [-0.2, -0.15) is 9.82 Å². The van der Waals surface area contributed by atoms with Crippen molar-refractivity contribution in [3.63, 3.8) is 0 Å². The molecule has 0 fully saturated rings. The summed E-state index contributed by atoms with van der Waals surface area (Å²) in [7, 11) is -2.26. The second kappa shape index (κ2) is 9.57. The Morgan fingerprint density at radius 2 is 1.91 bits per heavy atom.